The number of halogens is 1. The average molecular weight is 540 g/mol. The Hall–Kier alpha value is -2.46. The number of carbonyl (C=O) groups is 3. The Morgan fingerprint density at radius 1 is 1.00 bits per heavy atom. The molecule has 7 N–H and O–H groups in total. The summed E-state index contributed by atoms with van der Waals surface area (Å²) in [6, 6.07) is 8.84. The van der Waals surface area contributed by atoms with Gasteiger partial charge in [0.05, 0.1) is 17.9 Å². The molecule has 0 heterocycles. The van der Waals surface area contributed by atoms with Crippen molar-refractivity contribution in [1.29, 1.82) is 0 Å². The second-order valence-electron chi connectivity index (χ2n) is 10.1. The highest BCUT2D eigenvalue weighted by Crippen LogP contribution is 2.26. The molecule has 1 aromatic rings. The second-order valence-corrected chi connectivity index (χ2v) is 10.1. The summed E-state index contributed by atoms with van der Waals surface area (Å²) in [5.41, 5.74) is 17.1. The van der Waals surface area contributed by atoms with Gasteiger partial charge in [-0.3, -0.25) is 30.0 Å². The van der Waals surface area contributed by atoms with E-state index in [9.17, 15) is 19.6 Å². The largest absolute Gasteiger partial charge is 0.330 e. The lowest BCUT2D eigenvalue weighted by Gasteiger charge is -2.31. The van der Waals surface area contributed by atoms with Crippen molar-refractivity contribution in [2.24, 2.45) is 35.1 Å². The first kappa shape index (κ1) is 34.5. The van der Waals surface area contributed by atoms with Crippen LogP contribution in [0.1, 0.15) is 65.4 Å². The molecule has 0 bridgehead atoms. The Morgan fingerprint density at radius 2 is 1.65 bits per heavy atom. The molecule has 0 saturated carbocycles. The van der Waals surface area contributed by atoms with Gasteiger partial charge in [-0.1, -0.05) is 76.6 Å². The highest BCUT2D eigenvalue weighted by Gasteiger charge is 2.35. The number of benzene rings is 1. The van der Waals surface area contributed by atoms with Gasteiger partial charge in [-0.25, -0.2) is 5.48 Å². The van der Waals surface area contributed by atoms with Crippen molar-refractivity contribution >= 4 is 36.2 Å². The number of allylic oxidation sites excluding steroid dienone is 1. The molecule has 10 heteroatoms. The minimum absolute atomic E-state index is 0. The van der Waals surface area contributed by atoms with Crippen LogP contribution in [0.15, 0.2) is 36.4 Å². The average Bonchev–Trinajstić information content (AvgIpc) is 2.84. The first-order valence-electron chi connectivity index (χ1n) is 12.8. The molecule has 37 heavy (non-hydrogen) atoms. The zero-order valence-electron chi connectivity index (χ0n) is 22.6. The maximum Gasteiger partial charge on any atom is 0.257 e. The van der Waals surface area contributed by atoms with E-state index >= 15 is 0 Å². The molecule has 0 saturated heterocycles. The third-order valence-electron chi connectivity index (χ3n) is 5.84. The van der Waals surface area contributed by atoms with E-state index in [2.05, 4.69) is 5.43 Å². The molecule has 0 unspecified atom stereocenters. The summed E-state index contributed by atoms with van der Waals surface area (Å²) >= 11 is 0. The van der Waals surface area contributed by atoms with Crippen LogP contribution in [0.4, 0.5) is 0 Å². The Morgan fingerprint density at radius 3 is 2.19 bits per heavy atom. The standard InChI is InChI=1S/C27H45N5O4.ClH/c1-19(2)17-23(22(26(34)31-36)14-10-13-21-11-6-5-7-12-21)25(33)30-32(18-20(3)4)27(35)24(29)15-8-9-16-28;/h5-7,10-13,19-20,22-24,36H,8-9,14-18,28-29H2,1-4H3,(H,30,33)(H,31,34);1H/b13-10+;/t22-,23+,24+;/m0./s1. The van der Waals surface area contributed by atoms with E-state index in [1.54, 1.807) is 5.48 Å². The van der Waals surface area contributed by atoms with Gasteiger partial charge in [0.2, 0.25) is 11.8 Å². The van der Waals surface area contributed by atoms with E-state index in [0.717, 1.165) is 18.4 Å². The van der Waals surface area contributed by atoms with Crippen LogP contribution in [0.3, 0.4) is 0 Å². The van der Waals surface area contributed by atoms with Crippen LogP contribution < -0.4 is 22.4 Å². The van der Waals surface area contributed by atoms with Gasteiger partial charge in [-0.15, -0.1) is 12.4 Å². The molecule has 3 amide bonds. The van der Waals surface area contributed by atoms with Crippen LogP contribution in [-0.4, -0.2) is 47.1 Å². The molecule has 0 spiro atoms. The lowest BCUT2D eigenvalue weighted by molar-refractivity contribution is -0.148. The quantitative estimate of drug-likeness (QED) is 0.131. The lowest BCUT2D eigenvalue weighted by Crippen LogP contribution is -2.56. The zero-order chi connectivity index (χ0) is 27.1. The molecule has 0 aromatic heterocycles. The maximum absolute atomic E-state index is 13.5. The number of hydrazine groups is 1. The summed E-state index contributed by atoms with van der Waals surface area (Å²) in [6.45, 7) is 8.60. The number of hydroxylamine groups is 1. The van der Waals surface area contributed by atoms with Gasteiger partial charge in [-0.05, 0) is 49.6 Å². The van der Waals surface area contributed by atoms with Crippen LogP contribution in [-0.2, 0) is 14.4 Å². The maximum atomic E-state index is 13.5. The van der Waals surface area contributed by atoms with Crippen molar-refractivity contribution in [2.45, 2.75) is 65.8 Å². The molecule has 0 aliphatic rings. The van der Waals surface area contributed by atoms with E-state index in [0.29, 0.717) is 19.4 Å². The SMILES string of the molecule is CC(C)C[C@@H](C(=O)NN(CC(C)C)C(=O)[C@H](N)CCCCN)[C@H](C/C=C/c1ccccc1)C(=O)NO.Cl. The fourth-order valence-electron chi connectivity index (χ4n) is 4.02. The van der Waals surface area contributed by atoms with Gasteiger partial charge < -0.3 is 11.5 Å². The molecule has 0 aliphatic carbocycles. The van der Waals surface area contributed by atoms with Crippen molar-refractivity contribution < 1.29 is 19.6 Å². The third-order valence-corrected chi connectivity index (χ3v) is 5.84. The Labute approximate surface area is 227 Å². The van der Waals surface area contributed by atoms with Crippen LogP contribution in [0.25, 0.3) is 6.08 Å². The third kappa shape index (κ3) is 13.1. The van der Waals surface area contributed by atoms with Crippen LogP contribution >= 0.6 is 12.4 Å². The minimum atomic E-state index is -0.827. The van der Waals surface area contributed by atoms with E-state index < -0.39 is 29.7 Å². The highest BCUT2D eigenvalue weighted by atomic mass is 35.5. The molecule has 1 rings (SSSR count). The Balaban J connectivity index is 0.0000130. The number of hydrogen-bond donors (Lipinski definition) is 5. The Bertz CT molecular complexity index is 835. The Kier molecular flexibility index (Phi) is 17.5. The molecule has 9 nitrogen and oxygen atoms in total. The van der Waals surface area contributed by atoms with Gasteiger partial charge in [-0.2, -0.15) is 0 Å². The summed E-state index contributed by atoms with van der Waals surface area (Å²) in [7, 11) is 0. The minimum Gasteiger partial charge on any atom is -0.330 e. The predicted molar refractivity (Wildman–Crippen MR) is 149 cm³/mol. The number of rotatable bonds is 15. The molecule has 0 radical (unpaired) electrons. The summed E-state index contributed by atoms with van der Waals surface area (Å²) in [6.07, 6.45) is 6.28. The van der Waals surface area contributed by atoms with Crippen LogP contribution in [0, 0.1) is 23.7 Å². The first-order chi connectivity index (χ1) is 17.1. The summed E-state index contributed by atoms with van der Waals surface area (Å²) in [5.74, 6) is -2.88. The molecule has 1 aromatic carbocycles. The molecule has 0 aliphatic heterocycles. The fourth-order valence-corrected chi connectivity index (χ4v) is 4.02. The number of hydrogen-bond acceptors (Lipinski definition) is 6. The van der Waals surface area contributed by atoms with Crippen molar-refractivity contribution in [3.05, 3.63) is 42.0 Å². The number of nitrogens with one attached hydrogen (secondary N) is 2. The molecule has 210 valence electrons. The van der Waals surface area contributed by atoms with Crippen LogP contribution in [0.5, 0.6) is 0 Å². The normalized spacial score (nSPS) is 13.6. The lowest BCUT2D eigenvalue weighted by atomic mass is 9.82. The van der Waals surface area contributed by atoms with E-state index in [4.69, 9.17) is 11.5 Å². The molecular weight excluding hydrogens is 494 g/mol. The number of amides is 3. The predicted octanol–water partition coefficient (Wildman–Crippen LogP) is 3.27. The second kappa shape index (κ2) is 18.7. The van der Waals surface area contributed by atoms with Gasteiger partial charge >= 0.3 is 0 Å². The summed E-state index contributed by atoms with van der Waals surface area (Å²) in [5, 5.41) is 10.7. The van der Waals surface area contributed by atoms with E-state index in [1.165, 1.54) is 5.01 Å². The highest BCUT2D eigenvalue weighted by molar-refractivity contribution is 5.89. The fraction of sp³-hybridized carbons (Fsp3) is 0.593. The first-order valence-corrected chi connectivity index (χ1v) is 12.8. The van der Waals surface area contributed by atoms with Gasteiger partial charge in [0.15, 0.2) is 0 Å². The summed E-state index contributed by atoms with van der Waals surface area (Å²) < 4.78 is 0. The van der Waals surface area contributed by atoms with E-state index in [-0.39, 0.29) is 43.1 Å². The number of carbonyl (C=O) groups excluding carboxylic acids is 3. The van der Waals surface area contributed by atoms with Crippen molar-refractivity contribution in [3.8, 4) is 0 Å². The molecule has 3 atom stereocenters. The number of unbranched alkanes of at least 4 members (excludes halogenated alkanes) is 1. The van der Waals surface area contributed by atoms with Crippen molar-refractivity contribution in [2.75, 3.05) is 13.1 Å². The molecular formula is C27H46ClN5O4. The smallest absolute Gasteiger partial charge is 0.257 e. The van der Waals surface area contributed by atoms with Crippen molar-refractivity contribution in [1.82, 2.24) is 15.9 Å². The topological polar surface area (TPSA) is 151 Å². The number of nitrogens with two attached hydrogens (primary N) is 2. The molecule has 0 fully saturated rings. The van der Waals surface area contributed by atoms with Gasteiger partial charge in [0.1, 0.15) is 0 Å². The zero-order valence-corrected chi connectivity index (χ0v) is 23.4. The number of nitrogens with zero attached hydrogens (tertiary/aromatic N) is 1. The summed E-state index contributed by atoms with van der Waals surface area (Å²) in [4.78, 5) is 39.2. The van der Waals surface area contributed by atoms with Crippen molar-refractivity contribution in [3.63, 3.8) is 0 Å². The van der Waals surface area contributed by atoms with Crippen LogP contribution in [0.2, 0.25) is 0 Å². The van der Waals surface area contributed by atoms with E-state index in [1.807, 2.05) is 70.2 Å². The van der Waals surface area contributed by atoms with Gasteiger partial charge in [0.25, 0.3) is 5.91 Å². The monoisotopic (exact) mass is 539 g/mol. The van der Waals surface area contributed by atoms with Gasteiger partial charge in [0, 0.05) is 6.54 Å².